The summed E-state index contributed by atoms with van der Waals surface area (Å²) in [5.74, 6) is -0.319. The van der Waals surface area contributed by atoms with Crippen LogP contribution in [0.5, 0.6) is 0 Å². The Morgan fingerprint density at radius 3 is 2.11 bits per heavy atom. The molecule has 198 valence electrons. The van der Waals surface area contributed by atoms with E-state index in [4.69, 9.17) is 11.6 Å². The van der Waals surface area contributed by atoms with Crippen LogP contribution in [0.15, 0.2) is 65.6 Å². The molecule has 0 spiro atoms. The Kier molecular flexibility index (Phi) is 8.88. The molecule has 1 amide bonds. The molecule has 2 N–H and O–H groups in total. The number of amides is 1. The number of hydrogen-bond donors (Lipinski definition) is 2. The molecule has 0 atom stereocenters. The second-order valence-electron chi connectivity index (χ2n) is 8.81. The molecule has 37 heavy (non-hydrogen) atoms. The normalized spacial score (nSPS) is 11.7. The van der Waals surface area contributed by atoms with E-state index in [9.17, 15) is 21.6 Å². The summed E-state index contributed by atoms with van der Waals surface area (Å²) in [4.78, 5) is 12.5. The van der Waals surface area contributed by atoms with Crippen LogP contribution in [0.3, 0.4) is 0 Å². The number of para-hydroxylation sites is 1. The van der Waals surface area contributed by atoms with Crippen LogP contribution >= 0.6 is 11.6 Å². The minimum Gasteiger partial charge on any atom is -0.326 e. The lowest BCUT2D eigenvalue weighted by Gasteiger charge is -2.24. The number of aryl methyl sites for hydroxylation is 3. The number of nitrogens with zero attached hydrogens (tertiary/aromatic N) is 1. The summed E-state index contributed by atoms with van der Waals surface area (Å²) < 4.78 is 54.2. The molecule has 3 aromatic rings. The number of hydrogen-bond acceptors (Lipinski definition) is 5. The second-order valence-corrected chi connectivity index (χ2v) is 12.8. The minimum absolute atomic E-state index is 0.0637. The first-order valence-electron chi connectivity index (χ1n) is 11.5. The van der Waals surface area contributed by atoms with E-state index in [1.165, 1.54) is 28.6 Å². The van der Waals surface area contributed by atoms with Crippen molar-refractivity contribution in [2.45, 2.75) is 38.5 Å². The number of benzene rings is 3. The monoisotopic (exact) mass is 563 g/mol. The average Bonchev–Trinajstić information content (AvgIpc) is 2.81. The van der Waals surface area contributed by atoms with Crippen molar-refractivity contribution in [1.82, 2.24) is 0 Å². The van der Waals surface area contributed by atoms with E-state index in [2.05, 4.69) is 10.0 Å². The van der Waals surface area contributed by atoms with Gasteiger partial charge in [-0.3, -0.25) is 13.8 Å². The SMILES string of the molecule is Cc1ccc(Cl)cc1N(CCCC(=O)Nc1ccc(S(=O)(=O)Nc2c(C)cccc2C)cc1)S(C)(=O)=O. The number of carbonyl (C=O) groups is 1. The van der Waals surface area contributed by atoms with Gasteiger partial charge in [-0.15, -0.1) is 0 Å². The van der Waals surface area contributed by atoms with Crippen molar-refractivity contribution < 1.29 is 21.6 Å². The van der Waals surface area contributed by atoms with Crippen molar-refractivity contribution in [2.75, 3.05) is 27.1 Å². The second kappa shape index (κ2) is 11.5. The van der Waals surface area contributed by atoms with Crippen LogP contribution in [0.2, 0.25) is 5.02 Å². The number of rotatable bonds is 10. The van der Waals surface area contributed by atoms with Gasteiger partial charge in [-0.25, -0.2) is 16.8 Å². The highest BCUT2D eigenvalue weighted by atomic mass is 35.5. The van der Waals surface area contributed by atoms with Crippen LogP contribution in [0.4, 0.5) is 17.1 Å². The molecule has 0 saturated carbocycles. The first kappa shape index (κ1) is 28.5. The molecule has 0 unspecified atom stereocenters. The molecule has 0 aliphatic rings. The first-order chi connectivity index (χ1) is 17.3. The molecule has 3 rings (SSSR count). The summed E-state index contributed by atoms with van der Waals surface area (Å²) in [6.07, 6.45) is 1.45. The largest absolute Gasteiger partial charge is 0.326 e. The van der Waals surface area contributed by atoms with Crippen LogP contribution in [-0.2, 0) is 24.8 Å². The maximum Gasteiger partial charge on any atom is 0.261 e. The number of anilines is 3. The van der Waals surface area contributed by atoms with Gasteiger partial charge in [0.15, 0.2) is 0 Å². The highest BCUT2D eigenvalue weighted by molar-refractivity contribution is 7.92. The molecule has 0 heterocycles. The fourth-order valence-corrected chi connectivity index (χ4v) is 6.19. The van der Waals surface area contributed by atoms with E-state index < -0.39 is 20.0 Å². The maximum atomic E-state index is 12.8. The predicted molar refractivity (Wildman–Crippen MR) is 149 cm³/mol. The summed E-state index contributed by atoms with van der Waals surface area (Å²) in [5.41, 5.74) is 3.82. The van der Waals surface area contributed by atoms with E-state index in [1.54, 1.807) is 25.1 Å². The van der Waals surface area contributed by atoms with Crippen LogP contribution in [0.1, 0.15) is 29.5 Å². The van der Waals surface area contributed by atoms with Gasteiger partial charge in [-0.2, -0.15) is 0 Å². The van der Waals surface area contributed by atoms with Crippen molar-refractivity contribution >= 4 is 54.6 Å². The van der Waals surface area contributed by atoms with Gasteiger partial charge in [0.2, 0.25) is 15.9 Å². The van der Waals surface area contributed by atoms with Crippen LogP contribution < -0.4 is 14.3 Å². The third kappa shape index (κ3) is 7.47. The highest BCUT2D eigenvalue weighted by Gasteiger charge is 2.20. The van der Waals surface area contributed by atoms with E-state index in [1.807, 2.05) is 32.0 Å². The molecule has 11 heteroatoms. The number of halogens is 1. The maximum absolute atomic E-state index is 12.8. The minimum atomic E-state index is -3.81. The molecule has 0 fully saturated rings. The highest BCUT2D eigenvalue weighted by Crippen LogP contribution is 2.27. The average molecular weight is 564 g/mol. The molecular weight excluding hydrogens is 534 g/mol. The van der Waals surface area contributed by atoms with Crippen molar-refractivity contribution in [2.24, 2.45) is 0 Å². The van der Waals surface area contributed by atoms with Crippen LogP contribution in [0, 0.1) is 20.8 Å². The Balaban J connectivity index is 1.61. The summed E-state index contributed by atoms with van der Waals surface area (Å²) in [6, 6.07) is 16.4. The zero-order valence-electron chi connectivity index (χ0n) is 21.1. The van der Waals surface area contributed by atoms with Gasteiger partial charge >= 0.3 is 0 Å². The third-order valence-electron chi connectivity index (χ3n) is 5.77. The molecule has 0 radical (unpaired) electrons. The molecule has 0 aliphatic carbocycles. The summed E-state index contributed by atoms with van der Waals surface area (Å²) in [6.45, 7) is 5.55. The number of sulfonamides is 2. The molecular formula is C26H30ClN3O5S2. The molecule has 0 bridgehead atoms. The molecule has 0 saturated heterocycles. The number of carbonyl (C=O) groups excluding carboxylic acids is 1. The van der Waals surface area contributed by atoms with E-state index in [0.29, 0.717) is 22.1 Å². The fourth-order valence-electron chi connectivity index (χ4n) is 3.81. The molecule has 3 aromatic carbocycles. The van der Waals surface area contributed by atoms with Crippen molar-refractivity contribution in [3.63, 3.8) is 0 Å². The lowest BCUT2D eigenvalue weighted by molar-refractivity contribution is -0.116. The van der Waals surface area contributed by atoms with Gasteiger partial charge in [0.25, 0.3) is 10.0 Å². The Labute approximate surface area is 223 Å². The van der Waals surface area contributed by atoms with E-state index in [0.717, 1.165) is 22.9 Å². The lowest BCUT2D eigenvalue weighted by Crippen LogP contribution is -2.32. The summed E-state index contributed by atoms with van der Waals surface area (Å²) >= 11 is 6.05. The molecule has 0 aliphatic heterocycles. The Hall–Kier alpha value is -3.08. The Morgan fingerprint density at radius 2 is 1.51 bits per heavy atom. The molecule has 0 aromatic heterocycles. The predicted octanol–water partition coefficient (Wildman–Crippen LogP) is 5.25. The van der Waals surface area contributed by atoms with Gasteiger partial charge in [-0.1, -0.05) is 35.9 Å². The van der Waals surface area contributed by atoms with Crippen molar-refractivity contribution in [3.8, 4) is 0 Å². The van der Waals surface area contributed by atoms with Crippen molar-refractivity contribution in [1.29, 1.82) is 0 Å². The smallest absolute Gasteiger partial charge is 0.261 e. The quantitative estimate of drug-likeness (QED) is 0.350. The van der Waals surface area contributed by atoms with Crippen molar-refractivity contribution in [3.05, 3.63) is 82.4 Å². The van der Waals surface area contributed by atoms with Gasteiger partial charge in [0.1, 0.15) is 0 Å². The molecule has 8 nitrogen and oxygen atoms in total. The van der Waals surface area contributed by atoms with Gasteiger partial charge in [-0.05, 0) is 80.3 Å². The Bertz CT molecular complexity index is 1490. The van der Waals surface area contributed by atoms with E-state index >= 15 is 0 Å². The summed E-state index contributed by atoms with van der Waals surface area (Å²) in [5, 5.41) is 3.14. The topological polar surface area (TPSA) is 113 Å². The van der Waals surface area contributed by atoms with Crippen LogP contribution in [-0.4, -0.2) is 35.5 Å². The van der Waals surface area contributed by atoms with E-state index in [-0.39, 0.29) is 30.2 Å². The van der Waals surface area contributed by atoms with Gasteiger partial charge in [0, 0.05) is 23.7 Å². The number of nitrogens with one attached hydrogen (secondary N) is 2. The zero-order valence-corrected chi connectivity index (χ0v) is 23.5. The fraction of sp³-hybridized carbons (Fsp3) is 0.269. The first-order valence-corrected chi connectivity index (χ1v) is 15.2. The van der Waals surface area contributed by atoms with Gasteiger partial charge in [0.05, 0.1) is 22.5 Å². The lowest BCUT2D eigenvalue weighted by atomic mass is 10.1. The Morgan fingerprint density at radius 1 is 0.892 bits per heavy atom. The standard InChI is InChI=1S/C26H30ClN3O5S2/c1-18-10-11-21(27)17-24(18)30(36(4,32)33)16-6-9-25(31)28-22-12-14-23(15-13-22)37(34,35)29-26-19(2)7-5-8-20(26)3/h5,7-8,10-15,17,29H,6,9,16H2,1-4H3,(H,28,31). The zero-order chi connectivity index (χ0) is 27.4. The summed E-state index contributed by atoms with van der Waals surface area (Å²) in [7, 11) is -7.39. The van der Waals surface area contributed by atoms with Gasteiger partial charge < -0.3 is 5.32 Å². The third-order valence-corrected chi connectivity index (χ3v) is 8.55. The van der Waals surface area contributed by atoms with Crippen LogP contribution in [0.25, 0.3) is 0 Å².